The first-order valence-electron chi connectivity index (χ1n) is 8.72. The van der Waals surface area contributed by atoms with Crippen LogP contribution in [0, 0.1) is 11.7 Å². The van der Waals surface area contributed by atoms with Gasteiger partial charge in [-0.2, -0.15) is 0 Å². The number of halogens is 1. The van der Waals surface area contributed by atoms with Gasteiger partial charge < -0.3 is 20.4 Å². The monoisotopic (exact) mass is 350 g/mol. The molecule has 25 heavy (non-hydrogen) atoms. The summed E-state index contributed by atoms with van der Waals surface area (Å²) in [6, 6.07) is 6.42. The van der Waals surface area contributed by atoms with Crippen molar-refractivity contribution in [2.24, 2.45) is 5.92 Å². The normalized spacial score (nSPS) is 15.8. The van der Waals surface area contributed by atoms with E-state index in [0.717, 1.165) is 18.8 Å². The first kappa shape index (κ1) is 19.2. The molecule has 1 atom stereocenters. The molecule has 1 aliphatic heterocycles. The third-order valence-electron chi connectivity index (χ3n) is 4.42. The van der Waals surface area contributed by atoms with Gasteiger partial charge in [-0.1, -0.05) is 6.92 Å². The highest BCUT2D eigenvalue weighted by Gasteiger charge is 2.21. The van der Waals surface area contributed by atoms with Gasteiger partial charge in [0.15, 0.2) is 0 Å². The SMILES string of the molecule is CNCC(C)C(=O)NCCC(=O)N1CCN(c2ccc(F)cc2)CC1. The van der Waals surface area contributed by atoms with Crippen LogP contribution >= 0.6 is 0 Å². The van der Waals surface area contributed by atoms with E-state index in [9.17, 15) is 14.0 Å². The average Bonchev–Trinajstić information content (AvgIpc) is 2.62. The predicted octanol–water partition coefficient (Wildman–Crippen LogP) is 0.836. The van der Waals surface area contributed by atoms with Gasteiger partial charge >= 0.3 is 0 Å². The molecule has 0 saturated carbocycles. The molecule has 1 aromatic rings. The van der Waals surface area contributed by atoms with E-state index in [-0.39, 0.29) is 23.5 Å². The maximum Gasteiger partial charge on any atom is 0.224 e. The fourth-order valence-electron chi connectivity index (χ4n) is 2.89. The minimum absolute atomic E-state index is 0.0386. The summed E-state index contributed by atoms with van der Waals surface area (Å²) in [6.07, 6.45) is 0.314. The second-order valence-corrected chi connectivity index (χ2v) is 6.34. The van der Waals surface area contributed by atoms with Crippen molar-refractivity contribution in [3.8, 4) is 0 Å². The molecule has 138 valence electrons. The zero-order chi connectivity index (χ0) is 18.2. The molecule has 0 aliphatic carbocycles. The molecule has 1 aromatic carbocycles. The van der Waals surface area contributed by atoms with E-state index < -0.39 is 0 Å². The highest BCUT2D eigenvalue weighted by molar-refractivity contribution is 5.80. The maximum absolute atomic E-state index is 13.0. The van der Waals surface area contributed by atoms with E-state index in [1.54, 1.807) is 19.2 Å². The molecule has 0 radical (unpaired) electrons. The highest BCUT2D eigenvalue weighted by Crippen LogP contribution is 2.17. The maximum atomic E-state index is 13.0. The van der Waals surface area contributed by atoms with Gasteiger partial charge in [-0.15, -0.1) is 0 Å². The molecule has 7 heteroatoms. The average molecular weight is 350 g/mol. The molecule has 1 fully saturated rings. The number of rotatable bonds is 7. The zero-order valence-corrected chi connectivity index (χ0v) is 14.9. The molecular weight excluding hydrogens is 323 g/mol. The number of carbonyl (C=O) groups is 2. The third kappa shape index (κ3) is 5.70. The lowest BCUT2D eigenvalue weighted by molar-refractivity contribution is -0.131. The Morgan fingerprint density at radius 3 is 2.40 bits per heavy atom. The largest absolute Gasteiger partial charge is 0.368 e. The van der Waals surface area contributed by atoms with E-state index >= 15 is 0 Å². The van der Waals surface area contributed by atoms with Crippen molar-refractivity contribution in [2.45, 2.75) is 13.3 Å². The summed E-state index contributed by atoms with van der Waals surface area (Å²) < 4.78 is 13.0. The number of benzene rings is 1. The van der Waals surface area contributed by atoms with Crippen LogP contribution in [-0.4, -0.2) is 63.0 Å². The van der Waals surface area contributed by atoms with Gasteiger partial charge in [0.2, 0.25) is 11.8 Å². The van der Waals surface area contributed by atoms with Crippen LogP contribution in [0.1, 0.15) is 13.3 Å². The molecule has 2 rings (SSSR count). The number of piperazine rings is 1. The molecule has 2 amide bonds. The molecule has 1 unspecified atom stereocenters. The van der Waals surface area contributed by atoms with Gasteiger partial charge in [-0.3, -0.25) is 9.59 Å². The summed E-state index contributed by atoms with van der Waals surface area (Å²) in [7, 11) is 1.80. The Balaban J connectivity index is 1.70. The zero-order valence-electron chi connectivity index (χ0n) is 14.9. The van der Waals surface area contributed by atoms with Gasteiger partial charge in [-0.05, 0) is 31.3 Å². The van der Waals surface area contributed by atoms with E-state index in [2.05, 4.69) is 15.5 Å². The van der Waals surface area contributed by atoms with Crippen molar-refractivity contribution in [1.29, 1.82) is 0 Å². The van der Waals surface area contributed by atoms with Crippen molar-refractivity contribution < 1.29 is 14.0 Å². The Hall–Kier alpha value is -2.15. The van der Waals surface area contributed by atoms with Crippen molar-refractivity contribution in [2.75, 3.05) is 51.2 Å². The van der Waals surface area contributed by atoms with Crippen LogP contribution in [0.5, 0.6) is 0 Å². The van der Waals surface area contributed by atoms with Gasteiger partial charge in [0, 0.05) is 57.3 Å². The molecule has 0 aromatic heterocycles. The van der Waals surface area contributed by atoms with Crippen LogP contribution in [0.4, 0.5) is 10.1 Å². The Labute approximate surface area is 148 Å². The summed E-state index contributed by atoms with van der Waals surface area (Å²) in [6.45, 7) is 5.56. The smallest absolute Gasteiger partial charge is 0.224 e. The molecule has 1 heterocycles. The number of hydrogen-bond donors (Lipinski definition) is 2. The van der Waals surface area contributed by atoms with E-state index in [0.29, 0.717) is 32.6 Å². The first-order chi connectivity index (χ1) is 12.0. The van der Waals surface area contributed by atoms with Crippen LogP contribution in [0.3, 0.4) is 0 Å². The minimum atomic E-state index is -0.247. The summed E-state index contributed by atoms with van der Waals surface area (Å²) in [5.74, 6) is -0.341. The number of hydrogen-bond acceptors (Lipinski definition) is 4. The van der Waals surface area contributed by atoms with E-state index in [1.165, 1.54) is 12.1 Å². The number of nitrogens with zero attached hydrogens (tertiary/aromatic N) is 2. The van der Waals surface area contributed by atoms with Crippen molar-refractivity contribution >= 4 is 17.5 Å². The van der Waals surface area contributed by atoms with Crippen molar-refractivity contribution in [3.05, 3.63) is 30.1 Å². The van der Waals surface area contributed by atoms with Gasteiger partial charge in [-0.25, -0.2) is 4.39 Å². The lowest BCUT2D eigenvalue weighted by atomic mass is 10.1. The number of carbonyl (C=O) groups excluding carboxylic acids is 2. The lowest BCUT2D eigenvalue weighted by Crippen LogP contribution is -2.49. The number of nitrogens with one attached hydrogen (secondary N) is 2. The lowest BCUT2D eigenvalue weighted by Gasteiger charge is -2.36. The molecule has 2 N–H and O–H groups in total. The second-order valence-electron chi connectivity index (χ2n) is 6.34. The van der Waals surface area contributed by atoms with E-state index in [4.69, 9.17) is 0 Å². The van der Waals surface area contributed by atoms with Gasteiger partial charge in [0.1, 0.15) is 5.82 Å². The van der Waals surface area contributed by atoms with Crippen LogP contribution < -0.4 is 15.5 Å². The topological polar surface area (TPSA) is 64.7 Å². The second kappa shape index (κ2) is 9.36. The molecular formula is C18H27FN4O2. The first-order valence-corrected chi connectivity index (χ1v) is 8.72. The van der Waals surface area contributed by atoms with Crippen LogP contribution in [0.2, 0.25) is 0 Å². The fourth-order valence-corrected chi connectivity index (χ4v) is 2.89. The fraction of sp³-hybridized carbons (Fsp3) is 0.556. The Bertz CT molecular complexity index is 571. The standard InChI is InChI=1S/C18H27FN4O2/c1-14(13-20-2)18(25)21-8-7-17(24)23-11-9-22(10-12-23)16-5-3-15(19)4-6-16/h3-6,14,20H,7-13H2,1-2H3,(H,21,25). The van der Waals surface area contributed by atoms with Gasteiger partial charge in [0.25, 0.3) is 0 Å². The van der Waals surface area contributed by atoms with Crippen LogP contribution in [0.15, 0.2) is 24.3 Å². The van der Waals surface area contributed by atoms with Crippen LogP contribution in [-0.2, 0) is 9.59 Å². The van der Waals surface area contributed by atoms with Crippen LogP contribution in [0.25, 0.3) is 0 Å². The summed E-state index contributed by atoms with van der Waals surface area (Å²) in [4.78, 5) is 28.0. The number of anilines is 1. The summed E-state index contributed by atoms with van der Waals surface area (Å²) >= 11 is 0. The quantitative estimate of drug-likeness (QED) is 0.765. The Morgan fingerprint density at radius 1 is 1.16 bits per heavy atom. The van der Waals surface area contributed by atoms with Crippen molar-refractivity contribution in [1.82, 2.24) is 15.5 Å². The molecule has 1 aliphatic rings. The molecule has 0 bridgehead atoms. The van der Waals surface area contributed by atoms with Crippen molar-refractivity contribution in [3.63, 3.8) is 0 Å². The van der Waals surface area contributed by atoms with E-state index in [1.807, 2.05) is 11.8 Å². The van der Waals surface area contributed by atoms with Gasteiger partial charge in [0.05, 0.1) is 0 Å². The third-order valence-corrected chi connectivity index (χ3v) is 4.42. The Kier molecular flexibility index (Phi) is 7.18. The molecule has 1 saturated heterocycles. The minimum Gasteiger partial charge on any atom is -0.368 e. The molecule has 0 spiro atoms. The summed E-state index contributed by atoms with van der Waals surface area (Å²) in [5, 5.41) is 5.76. The predicted molar refractivity (Wildman–Crippen MR) is 95.9 cm³/mol. The highest BCUT2D eigenvalue weighted by atomic mass is 19.1. The summed E-state index contributed by atoms with van der Waals surface area (Å²) in [5.41, 5.74) is 0.972. The molecule has 6 nitrogen and oxygen atoms in total. The Morgan fingerprint density at radius 2 is 1.80 bits per heavy atom. The number of amides is 2.